The van der Waals surface area contributed by atoms with Crippen LogP contribution in [-0.2, 0) is 16.6 Å². The summed E-state index contributed by atoms with van der Waals surface area (Å²) in [6.45, 7) is 7.15. The summed E-state index contributed by atoms with van der Waals surface area (Å²) >= 11 is 0. The van der Waals surface area contributed by atoms with Crippen LogP contribution in [0.25, 0.3) is 0 Å². The molecule has 114 valence electrons. The maximum Gasteiger partial charge on any atom is 0.244 e. The quantitative estimate of drug-likeness (QED) is 0.756. The van der Waals surface area contributed by atoms with Crippen molar-refractivity contribution in [3.8, 4) is 0 Å². The summed E-state index contributed by atoms with van der Waals surface area (Å²) in [5, 5.41) is 3.26. The van der Waals surface area contributed by atoms with Crippen molar-refractivity contribution in [3.05, 3.63) is 18.0 Å². The van der Waals surface area contributed by atoms with Gasteiger partial charge in [0.2, 0.25) is 10.0 Å². The van der Waals surface area contributed by atoms with Gasteiger partial charge in [-0.2, -0.15) is 4.31 Å². The molecule has 1 aliphatic rings. The lowest BCUT2D eigenvalue weighted by atomic mass is 10.1. The van der Waals surface area contributed by atoms with Crippen molar-refractivity contribution in [1.82, 2.24) is 14.6 Å². The van der Waals surface area contributed by atoms with E-state index in [-0.39, 0.29) is 0 Å². The van der Waals surface area contributed by atoms with E-state index in [1.807, 2.05) is 0 Å². The van der Waals surface area contributed by atoms with Crippen LogP contribution in [0.1, 0.15) is 38.8 Å². The summed E-state index contributed by atoms with van der Waals surface area (Å²) in [6.07, 6.45) is 4.70. The third-order valence-electron chi connectivity index (χ3n) is 3.92. The minimum atomic E-state index is -3.32. The van der Waals surface area contributed by atoms with Crippen molar-refractivity contribution < 1.29 is 8.42 Å². The SMILES string of the molecule is CCCNCc1cc(S(=O)(=O)N2CCC(CC)C2)c[nH]1. The molecular weight excluding hydrogens is 274 g/mol. The van der Waals surface area contributed by atoms with Crippen molar-refractivity contribution in [2.75, 3.05) is 19.6 Å². The van der Waals surface area contributed by atoms with Gasteiger partial charge in [-0.05, 0) is 31.4 Å². The Labute approximate surface area is 121 Å². The molecule has 0 saturated carbocycles. The molecule has 1 fully saturated rings. The number of H-pyrrole nitrogens is 1. The molecule has 6 heteroatoms. The van der Waals surface area contributed by atoms with Gasteiger partial charge in [-0.15, -0.1) is 0 Å². The fourth-order valence-electron chi connectivity index (χ4n) is 2.57. The fourth-order valence-corrected chi connectivity index (χ4v) is 4.12. The molecule has 0 radical (unpaired) electrons. The molecule has 1 saturated heterocycles. The predicted molar refractivity (Wildman–Crippen MR) is 79.9 cm³/mol. The molecule has 2 heterocycles. The summed E-state index contributed by atoms with van der Waals surface area (Å²) in [7, 11) is -3.32. The van der Waals surface area contributed by atoms with E-state index in [0.717, 1.165) is 31.5 Å². The molecule has 2 N–H and O–H groups in total. The Morgan fingerprint density at radius 1 is 1.45 bits per heavy atom. The van der Waals surface area contributed by atoms with Crippen LogP contribution in [0.3, 0.4) is 0 Å². The highest BCUT2D eigenvalue weighted by molar-refractivity contribution is 7.89. The second kappa shape index (κ2) is 6.74. The van der Waals surface area contributed by atoms with Crippen molar-refractivity contribution in [1.29, 1.82) is 0 Å². The number of hydrogen-bond donors (Lipinski definition) is 2. The Morgan fingerprint density at radius 2 is 2.25 bits per heavy atom. The van der Waals surface area contributed by atoms with Crippen LogP contribution in [0.15, 0.2) is 17.2 Å². The van der Waals surface area contributed by atoms with Crippen molar-refractivity contribution in [2.24, 2.45) is 5.92 Å². The Kier molecular flexibility index (Phi) is 5.23. The van der Waals surface area contributed by atoms with Gasteiger partial charge in [-0.3, -0.25) is 0 Å². The van der Waals surface area contributed by atoms with Crippen molar-refractivity contribution in [2.45, 2.75) is 44.6 Å². The van der Waals surface area contributed by atoms with Gasteiger partial charge < -0.3 is 10.3 Å². The number of nitrogens with one attached hydrogen (secondary N) is 2. The second-order valence-corrected chi connectivity index (χ2v) is 7.40. The maximum atomic E-state index is 12.5. The monoisotopic (exact) mass is 299 g/mol. The van der Waals surface area contributed by atoms with Crippen molar-refractivity contribution in [3.63, 3.8) is 0 Å². The lowest BCUT2D eigenvalue weighted by molar-refractivity contribution is 0.453. The maximum absolute atomic E-state index is 12.5. The molecule has 1 unspecified atom stereocenters. The zero-order valence-electron chi connectivity index (χ0n) is 12.4. The normalized spacial score (nSPS) is 20.6. The van der Waals surface area contributed by atoms with Gasteiger partial charge in [-0.25, -0.2) is 8.42 Å². The van der Waals surface area contributed by atoms with E-state index in [4.69, 9.17) is 0 Å². The first kappa shape index (κ1) is 15.5. The highest BCUT2D eigenvalue weighted by Gasteiger charge is 2.32. The van der Waals surface area contributed by atoms with Gasteiger partial charge in [0.15, 0.2) is 0 Å². The van der Waals surface area contributed by atoms with Crippen LogP contribution < -0.4 is 5.32 Å². The van der Waals surface area contributed by atoms with Crippen molar-refractivity contribution >= 4 is 10.0 Å². The third-order valence-corrected chi connectivity index (χ3v) is 5.77. The first-order valence-electron chi connectivity index (χ1n) is 7.46. The second-order valence-electron chi connectivity index (χ2n) is 5.46. The van der Waals surface area contributed by atoms with Gasteiger partial charge in [-0.1, -0.05) is 20.3 Å². The van der Waals surface area contributed by atoms with Gasteiger partial charge >= 0.3 is 0 Å². The molecule has 0 amide bonds. The summed E-state index contributed by atoms with van der Waals surface area (Å²) < 4.78 is 26.7. The number of hydrogen-bond acceptors (Lipinski definition) is 3. The average molecular weight is 299 g/mol. The molecule has 1 aromatic heterocycles. The summed E-state index contributed by atoms with van der Waals surface area (Å²) in [5.41, 5.74) is 0.920. The van der Waals surface area contributed by atoms with E-state index in [0.29, 0.717) is 30.4 Å². The van der Waals surface area contributed by atoms with E-state index in [9.17, 15) is 8.42 Å². The van der Waals surface area contributed by atoms with Gasteiger partial charge in [0.05, 0.1) is 4.90 Å². The average Bonchev–Trinajstić information content (AvgIpc) is 3.08. The zero-order chi connectivity index (χ0) is 14.6. The summed E-state index contributed by atoms with van der Waals surface area (Å²) in [4.78, 5) is 3.44. The smallest absolute Gasteiger partial charge is 0.244 e. The standard InChI is InChI=1S/C14H25N3O2S/c1-3-6-15-9-13-8-14(10-16-13)20(18,19)17-7-5-12(4-2)11-17/h8,10,12,15-16H,3-7,9,11H2,1-2H3. The van der Waals surface area contributed by atoms with Crippen LogP contribution in [0.4, 0.5) is 0 Å². The number of rotatable bonds is 7. The minimum Gasteiger partial charge on any atom is -0.363 e. The lowest BCUT2D eigenvalue weighted by Crippen LogP contribution is -2.28. The summed E-state index contributed by atoms with van der Waals surface area (Å²) in [6, 6.07) is 1.75. The van der Waals surface area contributed by atoms with Crippen LogP contribution in [-0.4, -0.2) is 37.3 Å². The lowest BCUT2D eigenvalue weighted by Gasteiger charge is -2.15. The number of sulfonamides is 1. The van der Waals surface area contributed by atoms with Crippen LogP contribution >= 0.6 is 0 Å². The van der Waals surface area contributed by atoms with E-state index >= 15 is 0 Å². The van der Waals surface area contributed by atoms with Gasteiger partial charge in [0, 0.05) is 31.5 Å². The molecule has 0 aromatic carbocycles. The third kappa shape index (κ3) is 3.42. The molecule has 0 bridgehead atoms. The molecule has 2 rings (SSSR count). The highest BCUT2D eigenvalue weighted by atomic mass is 32.2. The molecule has 1 atom stereocenters. The molecule has 20 heavy (non-hydrogen) atoms. The summed E-state index contributed by atoms with van der Waals surface area (Å²) in [5.74, 6) is 0.509. The first-order valence-corrected chi connectivity index (χ1v) is 8.90. The molecule has 0 spiro atoms. The topological polar surface area (TPSA) is 65.2 Å². The largest absolute Gasteiger partial charge is 0.363 e. The molecule has 1 aromatic rings. The number of nitrogens with zero attached hydrogens (tertiary/aromatic N) is 1. The van der Waals surface area contributed by atoms with E-state index in [1.54, 1.807) is 16.6 Å². The Hall–Kier alpha value is -0.850. The number of aromatic nitrogens is 1. The molecule has 1 aliphatic heterocycles. The Bertz CT molecular complexity index is 524. The van der Waals surface area contributed by atoms with Crippen LogP contribution in [0.2, 0.25) is 0 Å². The van der Waals surface area contributed by atoms with E-state index in [1.165, 1.54) is 0 Å². The van der Waals surface area contributed by atoms with Crippen LogP contribution in [0.5, 0.6) is 0 Å². The Morgan fingerprint density at radius 3 is 2.90 bits per heavy atom. The Balaban J connectivity index is 2.03. The fraction of sp³-hybridized carbons (Fsp3) is 0.714. The molecular formula is C14H25N3O2S. The molecule has 0 aliphatic carbocycles. The number of aromatic amines is 1. The van der Waals surface area contributed by atoms with E-state index in [2.05, 4.69) is 24.1 Å². The van der Waals surface area contributed by atoms with Gasteiger partial charge in [0.1, 0.15) is 0 Å². The van der Waals surface area contributed by atoms with Gasteiger partial charge in [0.25, 0.3) is 0 Å². The minimum absolute atomic E-state index is 0.391. The zero-order valence-corrected chi connectivity index (χ0v) is 13.2. The predicted octanol–water partition coefficient (Wildman–Crippen LogP) is 1.93. The highest BCUT2D eigenvalue weighted by Crippen LogP contribution is 2.26. The van der Waals surface area contributed by atoms with Crippen LogP contribution in [0, 0.1) is 5.92 Å². The molecule has 5 nitrogen and oxygen atoms in total. The first-order chi connectivity index (χ1) is 9.57. The van der Waals surface area contributed by atoms with E-state index < -0.39 is 10.0 Å².